The van der Waals surface area contributed by atoms with Crippen LogP contribution in [0.4, 0.5) is 24.5 Å². The second-order valence-corrected chi connectivity index (χ2v) is 6.55. The highest BCUT2D eigenvalue weighted by atomic mass is 19.2. The van der Waals surface area contributed by atoms with Gasteiger partial charge < -0.3 is 25.4 Å². The van der Waals surface area contributed by atoms with Crippen molar-refractivity contribution in [2.75, 3.05) is 31.7 Å². The van der Waals surface area contributed by atoms with Gasteiger partial charge in [-0.25, -0.2) is 18.7 Å². The smallest absolute Gasteiger partial charge is 0.277 e. The number of benzene rings is 2. The Balaban J connectivity index is 2.41. The minimum absolute atomic E-state index is 0.190. The van der Waals surface area contributed by atoms with Gasteiger partial charge in [0.1, 0.15) is 11.9 Å². The van der Waals surface area contributed by atoms with E-state index in [1.165, 1.54) is 12.1 Å². The van der Waals surface area contributed by atoms with Crippen LogP contribution in [0, 0.1) is 24.4 Å². The van der Waals surface area contributed by atoms with Crippen molar-refractivity contribution in [2.24, 2.45) is 0 Å². The van der Waals surface area contributed by atoms with Crippen LogP contribution in [0.1, 0.15) is 21.5 Å². The summed E-state index contributed by atoms with van der Waals surface area (Å²) in [5, 5.41) is 29.2. The summed E-state index contributed by atoms with van der Waals surface area (Å²) in [6.45, 7) is -0.460. The average Bonchev–Trinajstić information content (AvgIpc) is 2.74. The maximum absolute atomic E-state index is 14.9. The monoisotopic (exact) mass is 444 g/mol. The number of halogens is 3. The van der Waals surface area contributed by atoms with Crippen LogP contribution in [0.3, 0.4) is 0 Å². The van der Waals surface area contributed by atoms with Crippen LogP contribution in [-0.2, 0) is 16.2 Å². The molecule has 11 heteroatoms. The molecule has 2 aromatic rings. The summed E-state index contributed by atoms with van der Waals surface area (Å²) in [6.07, 6.45) is -1.21. The third kappa shape index (κ3) is 6.64. The highest BCUT2D eigenvalue weighted by Crippen LogP contribution is 2.30. The van der Waals surface area contributed by atoms with Gasteiger partial charge in [0.05, 0.1) is 50.0 Å². The van der Waals surface area contributed by atoms with Gasteiger partial charge in [-0.2, -0.15) is 0 Å². The van der Waals surface area contributed by atoms with Crippen LogP contribution in [0.2, 0.25) is 0 Å². The van der Waals surface area contributed by atoms with E-state index in [2.05, 4.69) is 5.32 Å². The SMILES string of the molecule is Cc1ccc(Nc2c(C(=O)NOCCO)cc(COCC(O)CO)c(F)c2F)c(F)c1. The zero-order chi connectivity index (χ0) is 23.0. The summed E-state index contributed by atoms with van der Waals surface area (Å²) >= 11 is 0. The molecule has 8 nitrogen and oxygen atoms in total. The molecule has 0 aliphatic heterocycles. The van der Waals surface area contributed by atoms with Crippen molar-refractivity contribution in [3.05, 3.63) is 58.4 Å². The number of hydrogen-bond donors (Lipinski definition) is 5. The molecule has 0 saturated carbocycles. The van der Waals surface area contributed by atoms with Gasteiger partial charge in [0.2, 0.25) is 0 Å². The molecule has 1 amide bonds. The second kappa shape index (κ2) is 11.6. The van der Waals surface area contributed by atoms with Crippen LogP contribution in [0.5, 0.6) is 0 Å². The molecule has 0 spiro atoms. The number of carbonyl (C=O) groups is 1. The van der Waals surface area contributed by atoms with Crippen LogP contribution < -0.4 is 10.8 Å². The highest BCUT2D eigenvalue weighted by Gasteiger charge is 2.24. The van der Waals surface area contributed by atoms with E-state index in [0.29, 0.717) is 5.56 Å². The lowest BCUT2D eigenvalue weighted by molar-refractivity contribution is -0.000815. The van der Waals surface area contributed by atoms with E-state index < -0.39 is 60.5 Å². The van der Waals surface area contributed by atoms with Crippen LogP contribution in [0.15, 0.2) is 24.3 Å². The summed E-state index contributed by atoms with van der Waals surface area (Å²) in [7, 11) is 0. The minimum Gasteiger partial charge on any atom is -0.394 e. The van der Waals surface area contributed by atoms with E-state index in [4.69, 9.17) is 19.8 Å². The summed E-state index contributed by atoms with van der Waals surface area (Å²) in [5.74, 6) is -4.54. The molecule has 0 aliphatic carbocycles. The lowest BCUT2D eigenvalue weighted by atomic mass is 10.1. The highest BCUT2D eigenvalue weighted by molar-refractivity contribution is 6.00. The number of aryl methyl sites for hydroxylation is 1. The first-order valence-electron chi connectivity index (χ1n) is 9.22. The topological polar surface area (TPSA) is 120 Å². The molecule has 0 aliphatic rings. The predicted molar refractivity (Wildman–Crippen MR) is 104 cm³/mol. The number of aliphatic hydroxyl groups is 3. The van der Waals surface area contributed by atoms with Gasteiger partial charge in [-0.1, -0.05) is 6.07 Å². The Morgan fingerprint density at radius 3 is 2.55 bits per heavy atom. The average molecular weight is 444 g/mol. The first-order valence-corrected chi connectivity index (χ1v) is 9.22. The molecule has 5 N–H and O–H groups in total. The maximum Gasteiger partial charge on any atom is 0.277 e. The summed E-state index contributed by atoms with van der Waals surface area (Å²) in [6, 6.07) is 5.00. The van der Waals surface area contributed by atoms with Gasteiger partial charge >= 0.3 is 0 Å². The normalized spacial score (nSPS) is 12.0. The molecule has 0 heterocycles. The molecule has 1 atom stereocenters. The number of anilines is 2. The van der Waals surface area contributed by atoms with Gasteiger partial charge in [-0.05, 0) is 30.7 Å². The molecule has 0 aromatic heterocycles. The van der Waals surface area contributed by atoms with E-state index in [1.54, 1.807) is 13.0 Å². The van der Waals surface area contributed by atoms with Crippen LogP contribution >= 0.6 is 0 Å². The molecular formula is C20H23F3N2O6. The standard InChI is InChI=1S/C20H23F3N2O6/c1-11-2-3-16(15(21)6-11)24-19-14(20(29)25-31-5-4-26)7-12(17(22)18(19)23)9-30-10-13(28)8-27/h2-3,6-7,13,24,26-28H,4-5,8-10H2,1H3,(H,25,29). The first-order chi connectivity index (χ1) is 14.8. The quantitative estimate of drug-likeness (QED) is 0.264. The number of amides is 1. The third-order valence-corrected chi connectivity index (χ3v) is 4.05. The van der Waals surface area contributed by atoms with Gasteiger partial charge in [0.25, 0.3) is 5.91 Å². The van der Waals surface area contributed by atoms with E-state index in [1.807, 2.05) is 5.48 Å². The fourth-order valence-electron chi connectivity index (χ4n) is 2.52. The first kappa shape index (κ1) is 24.6. The Kier molecular flexibility index (Phi) is 9.21. The number of nitrogens with one attached hydrogen (secondary N) is 2. The fourth-order valence-corrected chi connectivity index (χ4v) is 2.52. The third-order valence-electron chi connectivity index (χ3n) is 4.05. The molecule has 0 bridgehead atoms. The molecule has 170 valence electrons. The van der Waals surface area contributed by atoms with Crippen LogP contribution in [-0.4, -0.2) is 53.8 Å². The lowest BCUT2D eigenvalue weighted by Crippen LogP contribution is -2.27. The maximum atomic E-state index is 14.9. The van der Waals surface area contributed by atoms with Crippen molar-refractivity contribution in [1.29, 1.82) is 0 Å². The summed E-state index contributed by atoms with van der Waals surface area (Å²) < 4.78 is 48.7. The van der Waals surface area contributed by atoms with Gasteiger partial charge in [0.15, 0.2) is 11.6 Å². The minimum atomic E-state index is -1.46. The molecule has 0 saturated heterocycles. The molecule has 2 rings (SSSR count). The zero-order valence-corrected chi connectivity index (χ0v) is 16.6. The lowest BCUT2D eigenvalue weighted by Gasteiger charge is -2.17. The van der Waals surface area contributed by atoms with Gasteiger partial charge in [-0.3, -0.25) is 9.63 Å². The molecular weight excluding hydrogens is 421 g/mol. The molecule has 1 unspecified atom stereocenters. The largest absolute Gasteiger partial charge is 0.394 e. The van der Waals surface area contributed by atoms with Crippen molar-refractivity contribution >= 4 is 17.3 Å². The van der Waals surface area contributed by atoms with Crippen LogP contribution in [0.25, 0.3) is 0 Å². The van der Waals surface area contributed by atoms with E-state index in [9.17, 15) is 23.1 Å². The Bertz CT molecular complexity index is 913. The number of ether oxygens (including phenoxy) is 1. The number of rotatable bonds is 11. The number of aliphatic hydroxyl groups excluding tert-OH is 3. The zero-order valence-electron chi connectivity index (χ0n) is 16.6. The Morgan fingerprint density at radius 1 is 1.16 bits per heavy atom. The van der Waals surface area contributed by atoms with Crippen molar-refractivity contribution < 1.29 is 42.9 Å². The molecule has 2 aromatic carbocycles. The second-order valence-electron chi connectivity index (χ2n) is 6.55. The van der Waals surface area contributed by atoms with Gasteiger partial charge in [0, 0.05) is 5.56 Å². The molecule has 0 radical (unpaired) electrons. The summed E-state index contributed by atoms with van der Waals surface area (Å²) in [5.41, 5.74) is 0.971. The van der Waals surface area contributed by atoms with Gasteiger partial charge in [-0.15, -0.1) is 0 Å². The van der Waals surface area contributed by atoms with E-state index in [0.717, 1.165) is 6.07 Å². The Morgan fingerprint density at radius 2 is 1.90 bits per heavy atom. The number of carbonyl (C=O) groups excluding carboxylic acids is 1. The predicted octanol–water partition coefficient (Wildman–Crippen LogP) is 1.68. The summed E-state index contributed by atoms with van der Waals surface area (Å²) in [4.78, 5) is 17.2. The Labute approximate surface area is 176 Å². The molecule has 31 heavy (non-hydrogen) atoms. The van der Waals surface area contributed by atoms with Crippen molar-refractivity contribution in [1.82, 2.24) is 5.48 Å². The van der Waals surface area contributed by atoms with Crippen molar-refractivity contribution in [3.63, 3.8) is 0 Å². The Hall–Kier alpha value is -2.70. The van der Waals surface area contributed by atoms with Crippen molar-refractivity contribution in [3.8, 4) is 0 Å². The number of hydroxylamine groups is 1. The van der Waals surface area contributed by atoms with E-state index in [-0.39, 0.29) is 24.5 Å². The van der Waals surface area contributed by atoms with Crippen molar-refractivity contribution in [2.45, 2.75) is 19.6 Å². The fraction of sp³-hybridized carbons (Fsp3) is 0.350. The molecule has 0 fully saturated rings. The van der Waals surface area contributed by atoms with E-state index >= 15 is 0 Å². The number of hydrogen-bond acceptors (Lipinski definition) is 7.